The first-order valence-electron chi connectivity index (χ1n) is 7.95. The number of hydrogen-bond acceptors (Lipinski definition) is 3. The lowest BCUT2D eigenvalue weighted by molar-refractivity contribution is -0.146. The van der Waals surface area contributed by atoms with Gasteiger partial charge >= 0.3 is 5.97 Å². The molecule has 0 aromatic heterocycles. The van der Waals surface area contributed by atoms with Crippen LogP contribution < -0.4 is 4.74 Å². The van der Waals surface area contributed by atoms with Gasteiger partial charge in [-0.15, -0.1) is 0 Å². The summed E-state index contributed by atoms with van der Waals surface area (Å²) < 4.78 is 5.72. The summed E-state index contributed by atoms with van der Waals surface area (Å²) >= 11 is 0. The zero-order chi connectivity index (χ0) is 16.9. The number of ether oxygens (including phenoxy) is 1. The molecule has 0 aliphatic heterocycles. The Morgan fingerprint density at radius 1 is 1.05 bits per heavy atom. The molecule has 22 heavy (non-hydrogen) atoms. The van der Waals surface area contributed by atoms with E-state index in [-0.39, 0.29) is 10.8 Å². The molecule has 0 unspecified atom stereocenters. The van der Waals surface area contributed by atoms with Crippen LogP contribution in [0.15, 0.2) is 12.1 Å². The van der Waals surface area contributed by atoms with Crippen LogP contribution in [0, 0.1) is 6.92 Å². The van der Waals surface area contributed by atoms with Gasteiger partial charge in [-0.3, -0.25) is 0 Å². The van der Waals surface area contributed by atoms with Crippen molar-refractivity contribution >= 4 is 5.97 Å². The maximum atomic E-state index is 12.3. The molecule has 0 bridgehead atoms. The Hall–Kier alpha value is -1.35. The normalized spacial score (nSPS) is 17.3. The molecule has 122 valence electrons. The highest BCUT2D eigenvalue weighted by molar-refractivity contribution is 5.85. The van der Waals surface area contributed by atoms with Gasteiger partial charge in [0.25, 0.3) is 0 Å². The molecule has 0 atom stereocenters. The fraction of sp³-hybridized carbons (Fsp3) is 0.632. The van der Waals surface area contributed by atoms with E-state index in [0.717, 1.165) is 16.7 Å². The maximum Gasteiger partial charge on any atom is 0.343 e. The average molecular weight is 304 g/mol. The molecule has 0 heterocycles. The van der Waals surface area contributed by atoms with Crippen molar-refractivity contribution in [2.24, 2.45) is 0 Å². The van der Waals surface area contributed by atoms with Crippen LogP contribution >= 0.6 is 0 Å². The Kier molecular flexibility index (Phi) is 3.93. The molecule has 3 heteroatoms. The van der Waals surface area contributed by atoms with Crippen LogP contribution in [0.1, 0.15) is 71.1 Å². The van der Waals surface area contributed by atoms with Gasteiger partial charge in [-0.25, -0.2) is 4.79 Å². The first kappa shape index (κ1) is 17.0. The van der Waals surface area contributed by atoms with E-state index in [4.69, 9.17) is 4.74 Å². The first-order chi connectivity index (χ1) is 9.84. The van der Waals surface area contributed by atoms with E-state index in [2.05, 4.69) is 60.6 Å². The van der Waals surface area contributed by atoms with E-state index in [1.807, 2.05) is 0 Å². The van der Waals surface area contributed by atoms with Gasteiger partial charge in [0, 0.05) is 11.1 Å². The lowest BCUT2D eigenvalue weighted by Crippen LogP contribution is -2.30. The van der Waals surface area contributed by atoms with Gasteiger partial charge < -0.3 is 9.84 Å². The summed E-state index contributed by atoms with van der Waals surface area (Å²) in [4.78, 5) is 12.3. The van der Waals surface area contributed by atoms with Gasteiger partial charge in [0.2, 0.25) is 0 Å². The Bertz CT molecular complexity index is 561. The zero-order valence-electron chi connectivity index (χ0n) is 14.8. The molecule has 0 radical (unpaired) electrons. The molecule has 1 aliphatic rings. The number of carbonyl (C=O) groups is 1. The Balaban J connectivity index is 2.59. The van der Waals surface area contributed by atoms with Gasteiger partial charge in [0.05, 0.1) is 0 Å². The molecule has 3 nitrogen and oxygen atoms in total. The number of esters is 1. The number of aliphatic hydroxyl groups is 1. The van der Waals surface area contributed by atoms with Crippen LogP contribution in [0.5, 0.6) is 5.75 Å². The van der Waals surface area contributed by atoms with E-state index >= 15 is 0 Å². The van der Waals surface area contributed by atoms with Gasteiger partial charge in [0.1, 0.15) is 5.75 Å². The highest BCUT2D eigenvalue weighted by Crippen LogP contribution is 2.43. The third-order valence-corrected chi connectivity index (χ3v) is 4.15. The lowest BCUT2D eigenvalue weighted by Gasteiger charge is -2.30. The molecule has 0 saturated heterocycles. The summed E-state index contributed by atoms with van der Waals surface area (Å²) in [7, 11) is 0. The van der Waals surface area contributed by atoms with Gasteiger partial charge in [0.15, 0.2) is 5.60 Å². The smallest absolute Gasteiger partial charge is 0.343 e. The quantitative estimate of drug-likeness (QED) is 0.663. The van der Waals surface area contributed by atoms with E-state index < -0.39 is 11.6 Å². The van der Waals surface area contributed by atoms with Crippen molar-refractivity contribution in [3.05, 3.63) is 28.8 Å². The van der Waals surface area contributed by atoms with Crippen LogP contribution in [0.3, 0.4) is 0 Å². The Morgan fingerprint density at radius 2 is 1.45 bits per heavy atom. The monoisotopic (exact) mass is 304 g/mol. The zero-order valence-corrected chi connectivity index (χ0v) is 14.8. The van der Waals surface area contributed by atoms with Crippen LogP contribution in [0.2, 0.25) is 0 Å². The second-order valence-electron chi connectivity index (χ2n) is 8.61. The minimum absolute atomic E-state index is 0.145. The second kappa shape index (κ2) is 5.09. The number of hydrogen-bond donors (Lipinski definition) is 1. The Morgan fingerprint density at radius 3 is 1.77 bits per heavy atom. The summed E-state index contributed by atoms with van der Waals surface area (Å²) in [5.41, 5.74) is 1.61. The minimum atomic E-state index is -1.27. The second-order valence-corrected chi connectivity index (χ2v) is 8.61. The van der Waals surface area contributed by atoms with Crippen LogP contribution in [-0.2, 0) is 15.6 Å². The van der Waals surface area contributed by atoms with Crippen LogP contribution in [0.4, 0.5) is 0 Å². The highest BCUT2D eigenvalue weighted by Gasteiger charge is 2.50. The van der Waals surface area contributed by atoms with Crippen LogP contribution in [-0.4, -0.2) is 16.7 Å². The number of carbonyl (C=O) groups excluding carboxylic acids is 1. The molecule has 0 amide bonds. The number of benzene rings is 1. The van der Waals surface area contributed by atoms with E-state index in [9.17, 15) is 9.90 Å². The Labute approximate surface area is 133 Å². The molecule has 0 spiro atoms. The maximum absolute atomic E-state index is 12.3. The van der Waals surface area contributed by atoms with Crippen molar-refractivity contribution in [1.82, 2.24) is 0 Å². The SMILES string of the molecule is Cc1cc(C(C)(C)C)c(OC(=O)C2(O)CC2)c(C(C)(C)C)c1. The average Bonchev–Trinajstić information content (AvgIpc) is 3.07. The minimum Gasteiger partial charge on any atom is -0.424 e. The van der Waals surface area contributed by atoms with Crippen LogP contribution in [0.25, 0.3) is 0 Å². The summed E-state index contributed by atoms with van der Waals surface area (Å²) in [6, 6.07) is 4.16. The van der Waals surface area contributed by atoms with E-state index in [0.29, 0.717) is 18.6 Å². The standard InChI is InChI=1S/C19H28O3/c1-12-10-13(17(2,3)4)15(14(11-12)18(5,6)7)22-16(20)19(21)8-9-19/h10-11,21H,8-9H2,1-7H3. The highest BCUT2D eigenvalue weighted by atomic mass is 16.6. The predicted molar refractivity (Wildman–Crippen MR) is 88.4 cm³/mol. The molecule has 1 saturated carbocycles. The molecule has 1 aromatic carbocycles. The van der Waals surface area contributed by atoms with Gasteiger partial charge in [-0.2, -0.15) is 0 Å². The third-order valence-electron chi connectivity index (χ3n) is 4.15. The molecular formula is C19H28O3. The third kappa shape index (κ3) is 3.35. The number of rotatable bonds is 2. The fourth-order valence-corrected chi connectivity index (χ4v) is 2.51. The largest absolute Gasteiger partial charge is 0.424 e. The molecule has 2 rings (SSSR count). The lowest BCUT2D eigenvalue weighted by atomic mass is 9.78. The topological polar surface area (TPSA) is 46.5 Å². The first-order valence-corrected chi connectivity index (χ1v) is 7.95. The molecule has 1 N–H and O–H groups in total. The summed E-state index contributed by atoms with van der Waals surface area (Å²) in [6.45, 7) is 14.7. The fourth-order valence-electron chi connectivity index (χ4n) is 2.51. The summed E-state index contributed by atoms with van der Waals surface area (Å²) in [5, 5.41) is 10.0. The van der Waals surface area contributed by atoms with Crippen molar-refractivity contribution < 1.29 is 14.6 Å². The molecule has 1 aromatic rings. The molecule has 1 fully saturated rings. The summed E-state index contributed by atoms with van der Waals surface area (Å²) in [6.07, 6.45) is 0.987. The molecule has 1 aliphatic carbocycles. The van der Waals surface area contributed by atoms with Crippen molar-refractivity contribution in [1.29, 1.82) is 0 Å². The van der Waals surface area contributed by atoms with Crippen molar-refractivity contribution in [2.75, 3.05) is 0 Å². The van der Waals surface area contributed by atoms with Crippen molar-refractivity contribution in [3.63, 3.8) is 0 Å². The van der Waals surface area contributed by atoms with Gasteiger partial charge in [-0.05, 0) is 30.6 Å². The van der Waals surface area contributed by atoms with Crippen molar-refractivity contribution in [2.45, 2.75) is 77.7 Å². The van der Waals surface area contributed by atoms with E-state index in [1.54, 1.807) is 0 Å². The van der Waals surface area contributed by atoms with E-state index in [1.165, 1.54) is 0 Å². The van der Waals surface area contributed by atoms with Crippen molar-refractivity contribution in [3.8, 4) is 5.75 Å². The summed E-state index contributed by atoms with van der Waals surface area (Å²) in [5.74, 6) is 0.100. The van der Waals surface area contributed by atoms with Gasteiger partial charge in [-0.1, -0.05) is 59.2 Å². The number of aryl methyl sites for hydroxylation is 1. The predicted octanol–water partition coefficient (Wildman–Crippen LogP) is 4.02. The molecular weight excluding hydrogens is 276 g/mol.